The summed E-state index contributed by atoms with van der Waals surface area (Å²) in [6.45, 7) is 4.51. The average molecular weight is 437 g/mol. The van der Waals surface area contributed by atoms with E-state index in [1.54, 1.807) is 18.2 Å². The molecule has 0 aromatic heterocycles. The van der Waals surface area contributed by atoms with E-state index in [-0.39, 0.29) is 24.5 Å². The van der Waals surface area contributed by atoms with Crippen LogP contribution in [0.4, 0.5) is 0 Å². The van der Waals surface area contributed by atoms with E-state index >= 15 is 0 Å². The van der Waals surface area contributed by atoms with Crippen LogP contribution >= 0.6 is 0 Å². The maximum absolute atomic E-state index is 13.3. The first-order chi connectivity index (χ1) is 15.7. The molecule has 1 saturated carbocycles. The van der Waals surface area contributed by atoms with Gasteiger partial charge in [-0.15, -0.1) is 0 Å². The molecule has 1 aliphatic carbocycles. The van der Waals surface area contributed by atoms with Crippen LogP contribution < -0.4 is 9.47 Å². The van der Waals surface area contributed by atoms with Gasteiger partial charge in [0.05, 0.1) is 6.61 Å². The van der Waals surface area contributed by atoms with Gasteiger partial charge in [-0.2, -0.15) is 0 Å². The summed E-state index contributed by atoms with van der Waals surface area (Å²) in [5.41, 5.74) is 1.69. The number of nitrogens with zero attached hydrogens (tertiary/aromatic N) is 2. The summed E-state index contributed by atoms with van der Waals surface area (Å²) in [5, 5.41) is 0. The van der Waals surface area contributed by atoms with Gasteiger partial charge in [0, 0.05) is 31.2 Å². The Labute approximate surface area is 190 Å². The third kappa shape index (κ3) is 5.61. The largest absolute Gasteiger partial charge is 0.490 e. The molecule has 1 heterocycles. The highest BCUT2D eigenvalue weighted by atomic mass is 16.5. The molecule has 2 fully saturated rings. The van der Waals surface area contributed by atoms with Crippen LogP contribution in [0.1, 0.15) is 54.9 Å². The summed E-state index contributed by atoms with van der Waals surface area (Å²) in [7, 11) is 0. The second-order valence-corrected chi connectivity index (χ2v) is 8.47. The number of carbonyl (C=O) groups is 2. The first-order valence-corrected chi connectivity index (χ1v) is 11.7. The van der Waals surface area contributed by atoms with Crippen molar-refractivity contribution < 1.29 is 19.1 Å². The first kappa shape index (κ1) is 22.2. The third-order valence-corrected chi connectivity index (χ3v) is 5.99. The van der Waals surface area contributed by atoms with Crippen LogP contribution in [0.3, 0.4) is 0 Å². The number of benzene rings is 2. The van der Waals surface area contributed by atoms with Crippen molar-refractivity contribution in [2.45, 2.75) is 51.6 Å². The standard InChI is InChI=1S/C26H32N2O4/c1-2-31-24-17-21(11-14-23(24)32-19-25(29)27-15-7-4-8-16-27)26(30)28(22-12-13-22)18-20-9-5-3-6-10-20/h3,5-6,9-11,14,17,22H,2,4,7-8,12-13,15-16,18-19H2,1H3. The lowest BCUT2D eigenvalue weighted by Gasteiger charge is -2.26. The molecule has 0 N–H and O–H groups in total. The van der Waals surface area contributed by atoms with Crippen molar-refractivity contribution >= 4 is 11.8 Å². The summed E-state index contributed by atoms with van der Waals surface area (Å²) in [6.07, 6.45) is 5.35. The Morgan fingerprint density at radius 3 is 2.41 bits per heavy atom. The lowest BCUT2D eigenvalue weighted by molar-refractivity contribution is -0.134. The topological polar surface area (TPSA) is 59.1 Å². The number of hydrogen-bond acceptors (Lipinski definition) is 4. The monoisotopic (exact) mass is 436 g/mol. The lowest BCUT2D eigenvalue weighted by atomic mass is 10.1. The summed E-state index contributed by atoms with van der Waals surface area (Å²) >= 11 is 0. The molecule has 0 radical (unpaired) electrons. The Kier molecular flexibility index (Phi) is 7.30. The number of rotatable bonds is 9. The zero-order chi connectivity index (χ0) is 22.3. The predicted octanol–water partition coefficient (Wildman–Crippen LogP) is 4.28. The van der Waals surface area contributed by atoms with E-state index in [1.165, 1.54) is 6.42 Å². The fourth-order valence-electron chi connectivity index (χ4n) is 4.10. The van der Waals surface area contributed by atoms with Gasteiger partial charge in [0.25, 0.3) is 11.8 Å². The fraction of sp³-hybridized carbons (Fsp3) is 0.462. The number of likely N-dealkylation sites (tertiary alicyclic amines) is 1. The molecule has 1 saturated heterocycles. The number of hydrogen-bond donors (Lipinski definition) is 0. The van der Waals surface area contributed by atoms with Crippen LogP contribution in [0.2, 0.25) is 0 Å². The number of piperidine rings is 1. The van der Waals surface area contributed by atoms with Crippen molar-refractivity contribution in [2.75, 3.05) is 26.3 Å². The van der Waals surface area contributed by atoms with Crippen molar-refractivity contribution in [3.05, 3.63) is 59.7 Å². The van der Waals surface area contributed by atoms with Gasteiger partial charge in [0.2, 0.25) is 0 Å². The van der Waals surface area contributed by atoms with E-state index in [2.05, 4.69) is 0 Å². The maximum atomic E-state index is 13.3. The molecule has 2 amide bonds. The van der Waals surface area contributed by atoms with Crippen molar-refractivity contribution in [1.29, 1.82) is 0 Å². The molecule has 2 aromatic rings. The van der Waals surface area contributed by atoms with Crippen LogP contribution in [0.5, 0.6) is 11.5 Å². The fourth-order valence-corrected chi connectivity index (χ4v) is 4.10. The van der Waals surface area contributed by atoms with E-state index in [0.29, 0.717) is 30.2 Å². The van der Waals surface area contributed by atoms with Gasteiger partial charge in [-0.25, -0.2) is 0 Å². The van der Waals surface area contributed by atoms with Crippen molar-refractivity contribution in [1.82, 2.24) is 9.80 Å². The van der Waals surface area contributed by atoms with Crippen LogP contribution in [0.25, 0.3) is 0 Å². The van der Waals surface area contributed by atoms with Crippen molar-refractivity contribution in [3.63, 3.8) is 0 Å². The van der Waals surface area contributed by atoms with E-state index in [1.807, 2.05) is 47.1 Å². The predicted molar refractivity (Wildman–Crippen MR) is 123 cm³/mol. The highest BCUT2D eigenvalue weighted by molar-refractivity contribution is 5.95. The normalized spacial score (nSPS) is 15.8. The Morgan fingerprint density at radius 2 is 1.72 bits per heavy atom. The number of amides is 2. The molecule has 32 heavy (non-hydrogen) atoms. The van der Waals surface area contributed by atoms with E-state index in [0.717, 1.165) is 44.3 Å². The van der Waals surface area contributed by atoms with Gasteiger partial charge < -0.3 is 19.3 Å². The zero-order valence-electron chi connectivity index (χ0n) is 18.8. The van der Waals surface area contributed by atoms with Crippen LogP contribution in [-0.4, -0.2) is 54.0 Å². The average Bonchev–Trinajstić information content (AvgIpc) is 3.68. The molecule has 0 spiro atoms. The Hall–Kier alpha value is -3.02. The molecule has 0 atom stereocenters. The van der Waals surface area contributed by atoms with Gasteiger partial charge >= 0.3 is 0 Å². The zero-order valence-corrected chi connectivity index (χ0v) is 18.8. The molecule has 6 nitrogen and oxygen atoms in total. The van der Waals surface area contributed by atoms with Gasteiger partial charge in [-0.05, 0) is 62.8 Å². The minimum absolute atomic E-state index is 0.00456. The first-order valence-electron chi connectivity index (χ1n) is 11.7. The molecule has 0 bridgehead atoms. The maximum Gasteiger partial charge on any atom is 0.260 e. The van der Waals surface area contributed by atoms with E-state index in [4.69, 9.17) is 9.47 Å². The molecular weight excluding hydrogens is 404 g/mol. The Balaban J connectivity index is 1.46. The highest BCUT2D eigenvalue weighted by Crippen LogP contribution is 2.33. The SMILES string of the molecule is CCOc1cc(C(=O)N(Cc2ccccc2)C2CC2)ccc1OCC(=O)N1CCCCC1. The third-order valence-electron chi connectivity index (χ3n) is 5.99. The summed E-state index contributed by atoms with van der Waals surface area (Å²) in [6, 6.07) is 15.6. The second-order valence-electron chi connectivity index (χ2n) is 8.47. The minimum atomic E-state index is -0.0183. The van der Waals surface area contributed by atoms with Gasteiger partial charge in [0.15, 0.2) is 18.1 Å². The van der Waals surface area contributed by atoms with Crippen LogP contribution in [0, 0.1) is 0 Å². The highest BCUT2D eigenvalue weighted by Gasteiger charge is 2.33. The molecular formula is C26H32N2O4. The van der Waals surface area contributed by atoms with E-state index in [9.17, 15) is 9.59 Å². The van der Waals surface area contributed by atoms with Gasteiger partial charge in [-0.1, -0.05) is 30.3 Å². The van der Waals surface area contributed by atoms with Crippen LogP contribution in [0.15, 0.2) is 48.5 Å². The van der Waals surface area contributed by atoms with Crippen LogP contribution in [-0.2, 0) is 11.3 Å². The Bertz CT molecular complexity index is 921. The minimum Gasteiger partial charge on any atom is -0.490 e. The van der Waals surface area contributed by atoms with E-state index < -0.39 is 0 Å². The van der Waals surface area contributed by atoms with Gasteiger partial charge in [-0.3, -0.25) is 9.59 Å². The molecule has 2 aromatic carbocycles. The number of ether oxygens (including phenoxy) is 2. The molecule has 0 unspecified atom stereocenters. The van der Waals surface area contributed by atoms with Gasteiger partial charge in [0.1, 0.15) is 0 Å². The molecule has 6 heteroatoms. The molecule has 1 aliphatic heterocycles. The lowest BCUT2D eigenvalue weighted by Crippen LogP contribution is -2.38. The summed E-state index contributed by atoms with van der Waals surface area (Å²) in [5.74, 6) is 0.985. The molecule has 4 rings (SSSR count). The quantitative estimate of drug-likeness (QED) is 0.589. The van der Waals surface area contributed by atoms with Crippen molar-refractivity contribution in [3.8, 4) is 11.5 Å². The smallest absolute Gasteiger partial charge is 0.260 e. The summed E-state index contributed by atoms with van der Waals surface area (Å²) < 4.78 is 11.6. The number of carbonyl (C=O) groups excluding carboxylic acids is 2. The van der Waals surface area contributed by atoms with Crippen molar-refractivity contribution in [2.24, 2.45) is 0 Å². The summed E-state index contributed by atoms with van der Waals surface area (Å²) in [4.78, 5) is 29.6. The second kappa shape index (κ2) is 10.5. The molecule has 170 valence electrons. The Morgan fingerprint density at radius 1 is 0.969 bits per heavy atom. The molecule has 2 aliphatic rings.